The highest BCUT2D eigenvalue weighted by atomic mass is 16.5. The molecule has 0 aliphatic carbocycles. The summed E-state index contributed by atoms with van der Waals surface area (Å²) >= 11 is 0. The summed E-state index contributed by atoms with van der Waals surface area (Å²) in [5, 5.41) is 20.3. The van der Waals surface area contributed by atoms with Crippen LogP contribution in [-0.4, -0.2) is 28.1 Å². The van der Waals surface area contributed by atoms with Gasteiger partial charge in [-0.3, -0.25) is 14.5 Å². The van der Waals surface area contributed by atoms with Gasteiger partial charge in [-0.1, -0.05) is 59.7 Å². The molecule has 0 bridgehead atoms. The molecule has 0 aliphatic rings. The molecule has 0 aliphatic heterocycles. The smallest absolute Gasteiger partial charge is 0.343 e. The number of rotatable bonds is 7. The lowest BCUT2D eigenvalue weighted by Crippen LogP contribution is -2.28. The predicted molar refractivity (Wildman–Crippen MR) is 147 cm³/mol. The van der Waals surface area contributed by atoms with Crippen LogP contribution in [0.3, 0.4) is 0 Å². The van der Waals surface area contributed by atoms with Gasteiger partial charge in [0.2, 0.25) is 5.91 Å². The van der Waals surface area contributed by atoms with Crippen LogP contribution in [0.2, 0.25) is 0 Å². The molecule has 3 aromatic rings. The van der Waals surface area contributed by atoms with Crippen LogP contribution < -0.4 is 9.64 Å². The highest BCUT2D eigenvalue weighted by molar-refractivity contribution is 6.02. The number of aliphatic carboxylic acids is 1. The number of carboxylic acids is 1. The van der Waals surface area contributed by atoms with Crippen LogP contribution in [0, 0.1) is 0 Å². The van der Waals surface area contributed by atoms with Crippen molar-refractivity contribution in [1.29, 1.82) is 0 Å². The Labute approximate surface area is 223 Å². The maximum Gasteiger partial charge on any atom is 0.343 e. The molecular formula is C31H35NO6. The lowest BCUT2D eigenvalue weighted by atomic mass is 9.79. The minimum Gasteiger partial charge on any atom is -0.507 e. The van der Waals surface area contributed by atoms with Gasteiger partial charge in [-0.15, -0.1) is 0 Å². The number of carbonyl (C=O) groups excluding carboxylic acids is 2. The van der Waals surface area contributed by atoms with Crippen molar-refractivity contribution in [3.63, 3.8) is 0 Å². The zero-order chi connectivity index (χ0) is 28.3. The third-order valence-corrected chi connectivity index (χ3v) is 6.09. The van der Waals surface area contributed by atoms with E-state index in [2.05, 4.69) is 0 Å². The first-order chi connectivity index (χ1) is 17.7. The van der Waals surface area contributed by atoms with Crippen molar-refractivity contribution in [2.45, 2.75) is 65.2 Å². The molecule has 7 nitrogen and oxygen atoms in total. The normalized spacial score (nSPS) is 11.6. The van der Waals surface area contributed by atoms with E-state index in [0.29, 0.717) is 33.8 Å². The van der Waals surface area contributed by atoms with Gasteiger partial charge in [0.1, 0.15) is 11.5 Å². The first kappa shape index (κ1) is 28.4. The summed E-state index contributed by atoms with van der Waals surface area (Å²) in [6.45, 7) is 11.9. The second-order valence-electron chi connectivity index (χ2n) is 11.3. The first-order valence-corrected chi connectivity index (χ1v) is 12.5. The fourth-order valence-electron chi connectivity index (χ4n) is 4.06. The molecule has 0 fully saturated rings. The standard InChI is InChI=1S/C31H35NO6/c1-30(2,3)24-18-22(19-25(28(24)36)31(4,5)6)32(26(33)16-17-27(34)35)21-12-14-23(15-13-21)38-29(37)20-10-8-7-9-11-20/h7-15,18-19,36H,16-17H2,1-6H3,(H,34,35). The monoisotopic (exact) mass is 517 g/mol. The number of hydrogen-bond donors (Lipinski definition) is 2. The third-order valence-electron chi connectivity index (χ3n) is 6.09. The summed E-state index contributed by atoms with van der Waals surface area (Å²) in [4.78, 5) is 38.5. The molecule has 0 aromatic heterocycles. The molecule has 0 heterocycles. The third kappa shape index (κ3) is 6.79. The quantitative estimate of drug-likeness (QED) is 0.266. The second kappa shape index (κ2) is 11.1. The van der Waals surface area contributed by atoms with Crippen molar-refractivity contribution in [3.8, 4) is 11.5 Å². The van der Waals surface area contributed by atoms with E-state index in [9.17, 15) is 24.6 Å². The number of phenolic OH excluding ortho intramolecular Hbond substituents is 1. The number of anilines is 2. The lowest BCUT2D eigenvalue weighted by molar-refractivity contribution is -0.138. The second-order valence-corrected chi connectivity index (χ2v) is 11.3. The number of amides is 1. The van der Waals surface area contributed by atoms with Crippen LogP contribution in [0.25, 0.3) is 0 Å². The topological polar surface area (TPSA) is 104 Å². The van der Waals surface area contributed by atoms with Crippen LogP contribution in [0.5, 0.6) is 11.5 Å². The molecule has 3 rings (SSSR count). The van der Waals surface area contributed by atoms with E-state index in [1.165, 1.54) is 4.90 Å². The molecule has 7 heteroatoms. The Morgan fingerprint density at radius 3 is 1.76 bits per heavy atom. The number of ether oxygens (including phenoxy) is 1. The molecule has 0 spiro atoms. The van der Waals surface area contributed by atoms with Gasteiger partial charge < -0.3 is 14.9 Å². The fraction of sp³-hybridized carbons (Fsp3) is 0.323. The number of hydrogen-bond acceptors (Lipinski definition) is 5. The number of aromatic hydroxyl groups is 1. The maximum absolute atomic E-state index is 13.4. The predicted octanol–water partition coefficient (Wildman–Crippen LogP) is 6.74. The maximum atomic E-state index is 13.4. The minimum atomic E-state index is -1.07. The molecule has 3 aromatic carbocycles. The molecule has 200 valence electrons. The van der Waals surface area contributed by atoms with Gasteiger partial charge in [0.05, 0.1) is 12.0 Å². The Bertz CT molecular complexity index is 1280. The van der Waals surface area contributed by atoms with E-state index in [0.717, 1.165) is 0 Å². The van der Waals surface area contributed by atoms with Gasteiger partial charge >= 0.3 is 11.9 Å². The molecule has 0 saturated carbocycles. The molecule has 38 heavy (non-hydrogen) atoms. The number of carboxylic acid groups (broad SMARTS) is 1. The molecule has 1 amide bonds. The highest BCUT2D eigenvalue weighted by Gasteiger charge is 2.29. The summed E-state index contributed by atoms with van der Waals surface area (Å²) in [5.74, 6) is -1.51. The minimum absolute atomic E-state index is 0.176. The average Bonchev–Trinajstić information content (AvgIpc) is 2.83. The van der Waals surface area contributed by atoms with Gasteiger partial charge in [-0.2, -0.15) is 0 Å². The fourth-order valence-corrected chi connectivity index (χ4v) is 4.06. The largest absolute Gasteiger partial charge is 0.507 e. The van der Waals surface area contributed by atoms with E-state index < -0.39 is 28.7 Å². The van der Waals surface area contributed by atoms with Gasteiger partial charge in [0.15, 0.2) is 0 Å². The van der Waals surface area contributed by atoms with Crippen molar-refractivity contribution in [2.24, 2.45) is 0 Å². The molecule has 0 unspecified atom stereocenters. The Balaban J connectivity index is 2.07. The molecule has 0 saturated heterocycles. The Kier molecular flexibility index (Phi) is 8.30. The summed E-state index contributed by atoms with van der Waals surface area (Å²) < 4.78 is 5.47. The number of esters is 1. The van der Waals surface area contributed by atoms with Crippen LogP contribution in [0.4, 0.5) is 11.4 Å². The highest BCUT2D eigenvalue weighted by Crippen LogP contribution is 2.43. The number of carbonyl (C=O) groups is 3. The van der Waals surface area contributed by atoms with Crippen molar-refractivity contribution < 1.29 is 29.3 Å². The number of benzene rings is 3. The van der Waals surface area contributed by atoms with Crippen LogP contribution in [-0.2, 0) is 20.4 Å². The average molecular weight is 518 g/mol. The van der Waals surface area contributed by atoms with Crippen molar-refractivity contribution in [2.75, 3.05) is 4.90 Å². The van der Waals surface area contributed by atoms with E-state index in [4.69, 9.17) is 4.74 Å². The number of phenols is 1. The van der Waals surface area contributed by atoms with Crippen LogP contribution in [0.15, 0.2) is 66.7 Å². The van der Waals surface area contributed by atoms with E-state index in [-0.39, 0.29) is 18.6 Å². The van der Waals surface area contributed by atoms with Crippen LogP contribution >= 0.6 is 0 Å². The van der Waals surface area contributed by atoms with Crippen molar-refractivity contribution in [3.05, 3.63) is 83.4 Å². The van der Waals surface area contributed by atoms with Gasteiger partial charge in [0.25, 0.3) is 0 Å². The Morgan fingerprint density at radius 2 is 1.29 bits per heavy atom. The van der Waals surface area contributed by atoms with Crippen molar-refractivity contribution in [1.82, 2.24) is 0 Å². The molecule has 0 radical (unpaired) electrons. The molecular weight excluding hydrogens is 482 g/mol. The summed E-state index contributed by atoms with van der Waals surface area (Å²) in [6, 6.07) is 18.6. The van der Waals surface area contributed by atoms with E-state index in [1.54, 1.807) is 66.7 Å². The Morgan fingerprint density at radius 1 is 0.763 bits per heavy atom. The van der Waals surface area contributed by atoms with Crippen LogP contribution in [0.1, 0.15) is 75.9 Å². The van der Waals surface area contributed by atoms with Gasteiger partial charge in [-0.05, 0) is 59.4 Å². The lowest BCUT2D eigenvalue weighted by Gasteiger charge is -2.31. The Hall–Kier alpha value is -4.13. The summed E-state index contributed by atoms with van der Waals surface area (Å²) in [5.41, 5.74) is 1.90. The number of nitrogens with zero attached hydrogens (tertiary/aromatic N) is 1. The summed E-state index contributed by atoms with van der Waals surface area (Å²) in [6.07, 6.45) is -0.533. The zero-order valence-corrected chi connectivity index (χ0v) is 22.7. The first-order valence-electron chi connectivity index (χ1n) is 12.5. The van der Waals surface area contributed by atoms with Gasteiger partial charge in [-0.25, -0.2) is 4.79 Å². The zero-order valence-electron chi connectivity index (χ0n) is 22.7. The molecule has 0 atom stereocenters. The van der Waals surface area contributed by atoms with Crippen molar-refractivity contribution >= 4 is 29.2 Å². The SMILES string of the molecule is CC(C)(C)c1cc(N(C(=O)CCC(=O)O)c2ccc(OC(=O)c3ccccc3)cc2)cc(C(C)(C)C)c1O. The summed E-state index contributed by atoms with van der Waals surface area (Å²) in [7, 11) is 0. The van der Waals surface area contributed by atoms with Gasteiger partial charge in [0, 0.05) is 28.9 Å². The van der Waals surface area contributed by atoms with E-state index in [1.807, 2.05) is 41.5 Å². The molecule has 2 N–H and O–H groups in total. The van der Waals surface area contributed by atoms with E-state index >= 15 is 0 Å².